The zero-order valence-electron chi connectivity index (χ0n) is 1.57. The van der Waals surface area contributed by atoms with E-state index in [4.69, 9.17) is 0 Å². The van der Waals surface area contributed by atoms with Crippen molar-refractivity contribution in [2.24, 2.45) is 0 Å². The SMILES string of the molecule is F[C](F)=[Cf]. The van der Waals surface area contributed by atoms with E-state index < -0.39 is 6.93 Å². The number of halogens is 2. The summed E-state index contributed by atoms with van der Waals surface area (Å²) in [6, 6.07) is 0. The van der Waals surface area contributed by atoms with E-state index in [9.17, 15) is 8.78 Å². The Bertz CT molecular complexity index is 29.0. The quantitative estimate of drug-likeness (QED) is 0.613. The Morgan fingerprint density at radius 3 is 1.50 bits per heavy atom. The van der Waals surface area contributed by atoms with Crippen molar-refractivity contribution in [3.8, 4) is 0 Å². The van der Waals surface area contributed by atoms with Gasteiger partial charge in [-0.2, -0.15) is 0 Å². The van der Waals surface area contributed by atoms with Crippen molar-refractivity contribution in [1.82, 2.24) is 0 Å². The molecule has 0 saturated heterocycles. The molecule has 0 amide bonds. The van der Waals surface area contributed by atoms with Gasteiger partial charge in [0, 0.05) is 0 Å². The summed E-state index contributed by atoms with van der Waals surface area (Å²) in [5.41, 5.74) is 0. The molecule has 0 aliphatic heterocycles. The van der Waals surface area contributed by atoms with Crippen molar-refractivity contribution >= 4 is 6.93 Å². The van der Waals surface area contributed by atoms with E-state index in [0.29, 0.717) is 0 Å². The summed E-state index contributed by atoms with van der Waals surface area (Å²) in [5.74, 6) is 0. The minimum absolute atomic E-state index is 0.480. The molecule has 0 aromatic carbocycles. The van der Waals surface area contributed by atoms with Gasteiger partial charge >= 0.3 is 15.7 Å². The van der Waals surface area contributed by atoms with Crippen LogP contribution in [0.1, 0.15) is 0 Å². The predicted molar refractivity (Wildman–Crippen MR) is 7.22 cm³/mol. The zero-order valence-corrected chi connectivity index (χ0v) is 4.21. The van der Waals surface area contributed by atoms with Crippen LogP contribution >= 0.6 is 0 Å². The van der Waals surface area contributed by atoms with Gasteiger partial charge in [-0.05, 0) is 0 Å². The van der Waals surface area contributed by atoms with Crippen molar-refractivity contribution in [1.29, 1.82) is 0 Å². The third-order valence-corrected chi connectivity index (χ3v) is 0. The van der Waals surface area contributed by atoms with Crippen molar-refractivity contribution < 1.29 is 8.78 Å². The van der Waals surface area contributed by atoms with E-state index in [0.717, 1.165) is 0 Å². The Labute approximate surface area is 17.1 Å². The van der Waals surface area contributed by atoms with E-state index in [1.54, 1.807) is 0 Å². The predicted octanol–water partition coefficient (Wildman–Crippen LogP) is 0.562. The van der Waals surface area contributed by atoms with Gasteiger partial charge in [0.15, 0.2) is 0 Å². The third-order valence-electron chi connectivity index (χ3n) is 0. The third kappa shape index (κ3) is 0.0330. The molecule has 0 bridgehead atoms. The molecule has 0 aliphatic rings. The molecule has 0 fully saturated rings. The van der Waals surface area contributed by atoms with Crippen LogP contribution in [0, 0.1) is 0 Å². The van der Waals surface area contributed by atoms with E-state index >= 15 is 0 Å². The second-order valence-corrected chi connectivity index (χ2v) is 1.19. The molecule has 0 atom stereocenters. The summed E-state index contributed by atoms with van der Waals surface area (Å²) in [6.45, 7) is -1.54. The van der Waals surface area contributed by atoms with Crippen LogP contribution in [0.2, 0.25) is 0 Å². The molecule has 0 rings (SSSR count). The van der Waals surface area contributed by atoms with E-state index in [1.807, 2.05) is 0 Å². The van der Waals surface area contributed by atoms with Crippen LogP contribution in [0.3, 0.4) is 0 Å². The summed E-state index contributed by atoms with van der Waals surface area (Å²) in [5, 5.41) is 0. The van der Waals surface area contributed by atoms with Gasteiger partial charge in [0.05, 0.1) is 0 Å². The first-order chi connectivity index (χ1) is 1.73. The molecule has 0 nitrogen and oxygen atoms in total. The first-order valence-corrected chi connectivity index (χ1v) is 1.85. The molecule has 0 spiro atoms. The molecule has 0 radical (unpaired) electrons. The summed E-state index contributed by atoms with van der Waals surface area (Å²) in [7, 11) is 0. The van der Waals surface area contributed by atoms with Gasteiger partial charge in [0.2, 0.25) is 0 Å². The molecule has 0 heterocycles. The summed E-state index contributed by atoms with van der Waals surface area (Å²) in [4.78, 5) is 0. The summed E-state index contributed by atoms with van der Waals surface area (Å²) < 4.78 is 21.0. The van der Waals surface area contributed by atoms with E-state index in [-0.39, 0.29) is 0 Å². The minimum atomic E-state index is -1.54. The topological polar surface area (TPSA) is 0 Å². The Morgan fingerprint density at radius 1 is 1.50 bits per heavy atom. The van der Waals surface area contributed by atoms with Gasteiger partial charge in [-0.1, -0.05) is 0 Å². The number of rotatable bonds is 0. The Hall–Kier alpha value is -1.27. The van der Waals surface area contributed by atoms with Crippen LogP contribution in [-0.4, -0.2) is 6.93 Å². The monoisotopic (exact) mass is 299 g/mol. The first kappa shape index (κ1) is 2.73. The average molecular weight is 301 g/mol. The second kappa shape index (κ2) is 0.308. The maximum absolute atomic E-state index is 10.3. The molecule has 0 saturated carbocycles. The van der Waals surface area contributed by atoms with Gasteiger partial charge in [0.25, 0.3) is 0 Å². The molecule has 3 heteroatoms. The van der Waals surface area contributed by atoms with Crippen LogP contribution < -0.4 is 0 Å². The molecular weight excluding hydrogens is 301 g/mol. The molecule has 0 aromatic heterocycles. The van der Waals surface area contributed by atoms with Crippen LogP contribution in [-0.2, 0) is 0 Å². The van der Waals surface area contributed by atoms with Crippen molar-refractivity contribution in [3.63, 3.8) is 0 Å². The molecular formula is CCfF2. The maximum atomic E-state index is 10.3. The zero-order chi connectivity index (χ0) is 3.58. The summed E-state index contributed by atoms with van der Waals surface area (Å²) >= 11 is 0. The fourth-order valence-corrected chi connectivity index (χ4v) is 0. The van der Waals surface area contributed by atoms with Crippen molar-refractivity contribution in [2.75, 3.05) is 0 Å². The van der Waals surface area contributed by atoms with Gasteiger partial charge in [-0.25, -0.2) is 0 Å². The van der Waals surface area contributed by atoms with Crippen LogP contribution in [0.15, 0.2) is 0 Å². The van der Waals surface area contributed by atoms with Gasteiger partial charge in [-0.3, -0.25) is 0 Å². The molecule has 0 unspecified atom stereocenters. The fraction of sp³-hybridized carbons (Fsp3) is 0. The van der Waals surface area contributed by atoms with Crippen molar-refractivity contribution in [2.45, 2.75) is 0 Å². The standard InChI is InChI=1S/CF2.Cf/c2-1-3;. The van der Waals surface area contributed by atoms with Gasteiger partial charge in [0.1, 0.15) is 0 Å². The van der Waals surface area contributed by atoms with Crippen molar-refractivity contribution in [3.05, 3.63) is 0 Å². The molecule has 0 aromatic rings. The molecule has 0 N–H and O–H groups in total. The Kier molecular flexibility index (Phi) is 0.210. The van der Waals surface area contributed by atoms with Crippen LogP contribution in [0.25, 0.3) is 0 Å². The summed E-state index contributed by atoms with van der Waals surface area (Å²) in [6.07, 6.45) is 0. The molecule has 0 aliphatic carbocycles. The fourth-order valence-electron chi connectivity index (χ4n) is 0. The molecule has 28 valence electrons. The van der Waals surface area contributed by atoms with Gasteiger partial charge < -0.3 is 0 Å². The second-order valence-electron chi connectivity index (χ2n) is 0.191. The number of hydrogen-bond acceptors (Lipinski definition) is 0. The Morgan fingerprint density at radius 2 is 1.50 bits per heavy atom. The van der Waals surface area contributed by atoms with E-state index in [1.165, 1.54) is 0 Å². The normalized spacial score (nSPS) is 7.00. The van der Waals surface area contributed by atoms with Crippen LogP contribution in [0.4, 0.5) is 8.78 Å². The number of hydrogen-bond donors (Lipinski definition) is 0. The van der Waals surface area contributed by atoms with Crippen LogP contribution in [0.5, 0.6) is 0 Å². The molecule has 4 heavy (non-hydrogen) atoms. The van der Waals surface area contributed by atoms with Gasteiger partial charge in [-0.15, -0.1) is 0 Å². The Balaban J connectivity index is 2.80. The average Bonchev–Trinajstić information content (AvgIpc) is 0.811. The van der Waals surface area contributed by atoms with E-state index in [2.05, 4.69) is 0 Å². The first-order valence-electron chi connectivity index (χ1n) is 0.536.